The molecule has 0 saturated carbocycles. The molecule has 1 aromatic heterocycles. The summed E-state index contributed by atoms with van der Waals surface area (Å²) in [5, 5.41) is 0.581. The Morgan fingerprint density at radius 1 is 1.03 bits per heavy atom. The van der Waals surface area contributed by atoms with Crippen LogP contribution in [0.2, 0.25) is 5.02 Å². The summed E-state index contributed by atoms with van der Waals surface area (Å²) in [6.45, 7) is 5.88. The number of hydrogen-bond donors (Lipinski definition) is 1. The first-order valence-electron chi connectivity index (χ1n) is 9.88. The van der Waals surface area contributed by atoms with Crippen molar-refractivity contribution in [3.63, 3.8) is 0 Å². The third-order valence-electron chi connectivity index (χ3n) is 5.06. The van der Waals surface area contributed by atoms with Gasteiger partial charge in [-0.3, -0.25) is 0 Å². The van der Waals surface area contributed by atoms with Gasteiger partial charge in [-0.15, -0.1) is 0 Å². The normalized spacial score (nSPS) is 11.6. The van der Waals surface area contributed by atoms with Gasteiger partial charge in [0.1, 0.15) is 5.69 Å². The zero-order valence-corrected chi connectivity index (χ0v) is 19.3. The minimum absolute atomic E-state index is 0.105. The number of nitrogens with zero attached hydrogens (tertiary/aromatic N) is 1. The number of hydrogen-bond acceptors (Lipinski definition) is 4. The zero-order chi connectivity index (χ0) is 22.6. The first-order chi connectivity index (χ1) is 14.7. The Bertz CT molecular complexity index is 1160. The molecule has 3 aromatic rings. The van der Waals surface area contributed by atoms with Crippen LogP contribution in [0.3, 0.4) is 0 Å². The highest BCUT2D eigenvalue weighted by Gasteiger charge is 2.28. The molecule has 2 aromatic carbocycles. The van der Waals surface area contributed by atoms with Gasteiger partial charge in [0.15, 0.2) is 0 Å². The van der Waals surface area contributed by atoms with Crippen molar-refractivity contribution in [2.24, 2.45) is 0 Å². The predicted molar refractivity (Wildman–Crippen MR) is 121 cm³/mol. The van der Waals surface area contributed by atoms with Gasteiger partial charge in [-0.25, -0.2) is 13.2 Å². The molecule has 0 aliphatic rings. The maximum atomic E-state index is 13.5. The van der Waals surface area contributed by atoms with E-state index in [4.69, 9.17) is 16.3 Å². The van der Waals surface area contributed by atoms with E-state index in [1.165, 1.54) is 4.31 Å². The summed E-state index contributed by atoms with van der Waals surface area (Å²) in [6, 6.07) is 15.4. The molecule has 0 aliphatic heterocycles. The number of carbonyl (C=O) groups is 1. The quantitative estimate of drug-likeness (QED) is 0.487. The topological polar surface area (TPSA) is 79.5 Å². The second-order valence-electron chi connectivity index (χ2n) is 7.16. The highest BCUT2D eigenvalue weighted by Crippen LogP contribution is 2.26. The first kappa shape index (κ1) is 23.1. The van der Waals surface area contributed by atoms with E-state index >= 15 is 0 Å². The van der Waals surface area contributed by atoms with Gasteiger partial charge >= 0.3 is 5.97 Å². The summed E-state index contributed by atoms with van der Waals surface area (Å²) in [4.78, 5) is 15.5. The number of nitrogens with one attached hydrogen (secondary N) is 1. The molecule has 31 heavy (non-hydrogen) atoms. The van der Waals surface area contributed by atoms with Crippen LogP contribution >= 0.6 is 11.6 Å². The van der Waals surface area contributed by atoms with Gasteiger partial charge in [0, 0.05) is 23.8 Å². The van der Waals surface area contributed by atoms with E-state index in [1.54, 1.807) is 68.4 Å². The Labute approximate surface area is 187 Å². The lowest BCUT2D eigenvalue weighted by molar-refractivity contribution is 0.0519. The fraction of sp³-hybridized carbons (Fsp3) is 0.261. The molecule has 6 nitrogen and oxygen atoms in total. The number of halogens is 1. The molecule has 1 N–H and O–H groups in total. The van der Waals surface area contributed by atoms with Crippen molar-refractivity contribution >= 4 is 27.6 Å². The lowest BCUT2D eigenvalue weighted by Crippen LogP contribution is -2.30. The third-order valence-corrected chi connectivity index (χ3v) is 7.12. The van der Waals surface area contributed by atoms with Crippen molar-refractivity contribution in [1.82, 2.24) is 9.29 Å². The van der Waals surface area contributed by atoms with Crippen LogP contribution in [-0.2, 0) is 27.8 Å². The summed E-state index contributed by atoms with van der Waals surface area (Å²) >= 11 is 5.98. The van der Waals surface area contributed by atoms with E-state index in [9.17, 15) is 13.2 Å². The van der Waals surface area contributed by atoms with E-state index in [2.05, 4.69) is 4.98 Å². The van der Waals surface area contributed by atoms with Crippen LogP contribution in [0.25, 0.3) is 0 Å². The Morgan fingerprint density at radius 3 is 2.29 bits per heavy atom. The SMILES string of the molecule is CCOC(=O)c1[nH]c(C)c(CN(Cc2ccc(Cl)cc2)S(=O)(=O)c2ccccc2)c1C. The summed E-state index contributed by atoms with van der Waals surface area (Å²) in [6.07, 6.45) is 0. The minimum atomic E-state index is -3.79. The average Bonchev–Trinajstić information content (AvgIpc) is 3.04. The lowest BCUT2D eigenvalue weighted by atomic mass is 10.1. The zero-order valence-electron chi connectivity index (χ0n) is 17.7. The molecule has 0 aliphatic carbocycles. The smallest absolute Gasteiger partial charge is 0.355 e. The standard InChI is InChI=1S/C23H25ClN2O4S/c1-4-30-23(27)22-16(2)21(17(3)25-22)15-26(14-18-10-12-19(24)13-11-18)31(28,29)20-8-6-5-7-9-20/h5-13,25H,4,14-15H2,1-3H3. The number of sulfonamides is 1. The number of carbonyl (C=O) groups excluding carboxylic acids is 1. The number of ether oxygens (including phenoxy) is 1. The Kier molecular flexibility index (Phi) is 7.20. The van der Waals surface area contributed by atoms with Crippen LogP contribution in [0.15, 0.2) is 59.5 Å². The predicted octanol–water partition coefficient (Wildman–Crippen LogP) is 4.85. The van der Waals surface area contributed by atoms with Crippen LogP contribution in [0.1, 0.15) is 39.8 Å². The molecular formula is C23H25ClN2O4S. The summed E-state index contributed by atoms with van der Waals surface area (Å²) < 4.78 is 33.5. The fourth-order valence-electron chi connectivity index (χ4n) is 3.37. The van der Waals surface area contributed by atoms with Gasteiger partial charge in [0.25, 0.3) is 0 Å². The highest BCUT2D eigenvalue weighted by atomic mass is 35.5. The van der Waals surface area contributed by atoms with Crippen molar-refractivity contribution in [1.29, 1.82) is 0 Å². The second-order valence-corrected chi connectivity index (χ2v) is 9.54. The van der Waals surface area contributed by atoms with Crippen molar-refractivity contribution in [2.45, 2.75) is 38.8 Å². The van der Waals surface area contributed by atoms with Crippen LogP contribution in [0, 0.1) is 13.8 Å². The van der Waals surface area contributed by atoms with Crippen LogP contribution < -0.4 is 0 Å². The lowest BCUT2D eigenvalue weighted by Gasteiger charge is -2.23. The molecule has 0 fully saturated rings. The largest absolute Gasteiger partial charge is 0.461 e. The molecule has 0 saturated heterocycles. The number of rotatable bonds is 8. The molecule has 0 amide bonds. The fourth-order valence-corrected chi connectivity index (χ4v) is 4.91. The molecule has 8 heteroatoms. The summed E-state index contributed by atoms with van der Waals surface area (Å²) in [5.74, 6) is -0.454. The van der Waals surface area contributed by atoms with Gasteiger partial charge in [-0.2, -0.15) is 4.31 Å². The van der Waals surface area contributed by atoms with Crippen molar-refractivity contribution in [2.75, 3.05) is 6.61 Å². The van der Waals surface area contributed by atoms with Gasteiger partial charge in [0.05, 0.1) is 11.5 Å². The maximum Gasteiger partial charge on any atom is 0.355 e. The van der Waals surface area contributed by atoms with Crippen molar-refractivity contribution in [3.8, 4) is 0 Å². The molecule has 0 bridgehead atoms. The number of aromatic nitrogens is 1. The monoisotopic (exact) mass is 460 g/mol. The van der Waals surface area contributed by atoms with Gasteiger partial charge in [-0.05, 0) is 61.7 Å². The summed E-state index contributed by atoms with van der Waals surface area (Å²) in [7, 11) is -3.79. The van der Waals surface area contributed by atoms with Crippen LogP contribution in [0.4, 0.5) is 0 Å². The molecule has 0 spiro atoms. The molecule has 3 rings (SSSR count). The third kappa shape index (κ3) is 5.18. The molecular weight excluding hydrogens is 436 g/mol. The molecule has 0 atom stereocenters. The first-order valence-corrected chi connectivity index (χ1v) is 11.7. The molecule has 0 radical (unpaired) electrons. The van der Waals surface area contributed by atoms with Gasteiger partial charge in [-0.1, -0.05) is 41.9 Å². The Hall–Kier alpha value is -2.61. The number of aromatic amines is 1. The van der Waals surface area contributed by atoms with Gasteiger partial charge < -0.3 is 9.72 Å². The summed E-state index contributed by atoms with van der Waals surface area (Å²) in [5.41, 5.74) is 3.31. The van der Waals surface area contributed by atoms with E-state index < -0.39 is 16.0 Å². The minimum Gasteiger partial charge on any atom is -0.461 e. The number of esters is 1. The van der Waals surface area contributed by atoms with E-state index in [-0.39, 0.29) is 24.6 Å². The van der Waals surface area contributed by atoms with E-state index in [1.807, 2.05) is 6.92 Å². The second kappa shape index (κ2) is 9.68. The molecule has 1 heterocycles. The Balaban J connectivity index is 2.01. The number of H-pyrrole nitrogens is 1. The van der Waals surface area contributed by atoms with Crippen LogP contribution in [0.5, 0.6) is 0 Å². The van der Waals surface area contributed by atoms with E-state index in [0.717, 1.165) is 16.8 Å². The maximum absolute atomic E-state index is 13.5. The van der Waals surface area contributed by atoms with Crippen molar-refractivity contribution in [3.05, 3.63) is 87.7 Å². The number of aryl methyl sites for hydroxylation is 1. The molecule has 164 valence electrons. The van der Waals surface area contributed by atoms with E-state index in [0.29, 0.717) is 16.3 Å². The number of benzene rings is 2. The van der Waals surface area contributed by atoms with Crippen molar-refractivity contribution < 1.29 is 17.9 Å². The van der Waals surface area contributed by atoms with Crippen LogP contribution in [-0.4, -0.2) is 30.3 Å². The average molecular weight is 461 g/mol. The molecule has 0 unspecified atom stereocenters. The van der Waals surface area contributed by atoms with Gasteiger partial charge in [0.2, 0.25) is 10.0 Å². The Morgan fingerprint density at radius 2 is 1.68 bits per heavy atom. The highest BCUT2D eigenvalue weighted by molar-refractivity contribution is 7.89.